The molecule has 0 amide bonds. The number of ether oxygens (including phenoxy) is 2. The molecule has 0 unspecified atom stereocenters. The number of hydrogen-bond donors (Lipinski definition) is 2. The van der Waals surface area contributed by atoms with E-state index in [2.05, 4.69) is 43.7 Å². The zero-order valence-corrected chi connectivity index (χ0v) is 21.5. The second kappa shape index (κ2) is 11.1. The fraction of sp³-hybridized carbons (Fsp3) is 0.192. The molecular weight excluding hydrogens is 494 g/mol. The van der Waals surface area contributed by atoms with Gasteiger partial charge in [-0.2, -0.15) is 4.98 Å². The quantitative estimate of drug-likeness (QED) is 0.295. The standard InChI is InChI=1S/C26H26ClN7O3/c1-6-15(2)32-22-14-29-17(13-30-22)7-8-34-24-16(12-31-26(28-3)33-24)9-20(25(34)35)19-10-18(36-4)11-21(37-5)23(19)27/h6,9-14H,1-2,7-8H2,3-5H3,(H,30,32)(H,28,31,33). The first-order chi connectivity index (χ1) is 17.9. The molecule has 2 N–H and O–H groups in total. The summed E-state index contributed by atoms with van der Waals surface area (Å²) >= 11 is 6.62. The molecule has 10 nitrogen and oxygen atoms in total. The molecule has 0 aliphatic carbocycles. The van der Waals surface area contributed by atoms with E-state index in [9.17, 15) is 4.79 Å². The summed E-state index contributed by atoms with van der Waals surface area (Å²) < 4.78 is 12.4. The van der Waals surface area contributed by atoms with Gasteiger partial charge in [-0.15, -0.1) is 0 Å². The first kappa shape index (κ1) is 25.6. The summed E-state index contributed by atoms with van der Waals surface area (Å²) in [4.78, 5) is 31.5. The highest BCUT2D eigenvalue weighted by Gasteiger charge is 2.19. The molecule has 4 rings (SSSR count). The minimum atomic E-state index is -0.279. The predicted octanol–water partition coefficient (Wildman–Crippen LogP) is 4.32. The molecule has 0 fully saturated rings. The number of rotatable bonds is 10. The second-order valence-electron chi connectivity index (χ2n) is 7.93. The van der Waals surface area contributed by atoms with Crippen LogP contribution in [0.4, 0.5) is 11.8 Å². The zero-order chi connectivity index (χ0) is 26.5. The van der Waals surface area contributed by atoms with Crippen molar-refractivity contribution < 1.29 is 9.47 Å². The number of nitrogens with zero attached hydrogens (tertiary/aromatic N) is 5. The molecule has 0 saturated heterocycles. The van der Waals surface area contributed by atoms with Crippen molar-refractivity contribution in [3.63, 3.8) is 0 Å². The minimum absolute atomic E-state index is 0.279. The molecule has 3 heterocycles. The van der Waals surface area contributed by atoms with Crippen LogP contribution in [0.3, 0.4) is 0 Å². The average molecular weight is 520 g/mol. The highest BCUT2D eigenvalue weighted by atomic mass is 35.5. The molecule has 1 aromatic carbocycles. The molecule has 0 atom stereocenters. The highest BCUT2D eigenvalue weighted by Crippen LogP contribution is 2.38. The predicted molar refractivity (Wildman–Crippen MR) is 146 cm³/mol. The smallest absolute Gasteiger partial charge is 0.260 e. The van der Waals surface area contributed by atoms with E-state index in [0.29, 0.717) is 74.8 Å². The van der Waals surface area contributed by atoms with E-state index in [1.54, 1.807) is 54.5 Å². The number of nitrogens with one attached hydrogen (secondary N) is 2. The van der Waals surface area contributed by atoms with Gasteiger partial charge in [-0.3, -0.25) is 14.3 Å². The van der Waals surface area contributed by atoms with Crippen LogP contribution in [-0.4, -0.2) is 45.8 Å². The molecule has 4 aromatic rings. The van der Waals surface area contributed by atoms with E-state index in [1.165, 1.54) is 14.2 Å². The normalized spacial score (nSPS) is 10.7. The summed E-state index contributed by atoms with van der Waals surface area (Å²) in [7, 11) is 4.76. The van der Waals surface area contributed by atoms with Gasteiger partial charge >= 0.3 is 0 Å². The van der Waals surface area contributed by atoms with Gasteiger partial charge in [0.05, 0.1) is 37.3 Å². The number of pyridine rings is 1. The Labute approximate surface area is 218 Å². The molecule has 0 aliphatic heterocycles. The third-order valence-corrected chi connectivity index (χ3v) is 6.03. The molecule has 0 bridgehead atoms. The summed E-state index contributed by atoms with van der Waals surface area (Å²) in [5.74, 6) is 1.84. The van der Waals surface area contributed by atoms with Crippen molar-refractivity contribution in [2.45, 2.75) is 13.0 Å². The van der Waals surface area contributed by atoms with E-state index in [1.807, 2.05) is 0 Å². The second-order valence-corrected chi connectivity index (χ2v) is 8.30. The lowest BCUT2D eigenvalue weighted by Crippen LogP contribution is -2.24. The van der Waals surface area contributed by atoms with Crippen molar-refractivity contribution in [2.75, 3.05) is 31.9 Å². The van der Waals surface area contributed by atoms with Crippen LogP contribution in [0, 0.1) is 0 Å². The lowest BCUT2D eigenvalue weighted by molar-refractivity contribution is 0.395. The van der Waals surface area contributed by atoms with Crippen LogP contribution in [0.25, 0.3) is 22.2 Å². The number of benzene rings is 1. The average Bonchev–Trinajstić information content (AvgIpc) is 2.93. The number of aryl methyl sites for hydroxylation is 2. The molecular formula is C26H26ClN7O3. The molecule has 0 aliphatic rings. The largest absolute Gasteiger partial charge is 0.497 e. The van der Waals surface area contributed by atoms with Gasteiger partial charge in [-0.1, -0.05) is 24.8 Å². The Morgan fingerprint density at radius 3 is 2.57 bits per heavy atom. The van der Waals surface area contributed by atoms with Gasteiger partial charge in [0, 0.05) is 54.5 Å². The lowest BCUT2D eigenvalue weighted by Gasteiger charge is -2.15. The van der Waals surface area contributed by atoms with Crippen LogP contribution in [0.1, 0.15) is 5.69 Å². The van der Waals surface area contributed by atoms with E-state index in [0.717, 1.165) is 0 Å². The SMILES string of the molecule is C=CC(=C)Nc1cnc(CCn2c(=O)c(-c3cc(OC)cc(OC)c3Cl)cc3cnc(NC)nc32)cn1. The topological polar surface area (TPSA) is 116 Å². The van der Waals surface area contributed by atoms with Gasteiger partial charge in [-0.05, 0) is 18.2 Å². The number of aromatic nitrogens is 5. The first-order valence-corrected chi connectivity index (χ1v) is 11.7. The van der Waals surface area contributed by atoms with Crippen LogP contribution in [0.5, 0.6) is 11.5 Å². The molecule has 0 saturated carbocycles. The number of anilines is 2. The van der Waals surface area contributed by atoms with Gasteiger partial charge < -0.3 is 20.1 Å². The Hall–Kier alpha value is -4.44. The molecule has 190 valence electrons. The van der Waals surface area contributed by atoms with Gasteiger partial charge in [0.2, 0.25) is 5.95 Å². The van der Waals surface area contributed by atoms with Crippen LogP contribution >= 0.6 is 11.6 Å². The van der Waals surface area contributed by atoms with Crippen molar-refractivity contribution in [1.82, 2.24) is 24.5 Å². The Balaban J connectivity index is 1.79. The van der Waals surface area contributed by atoms with Crippen molar-refractivity contribution in [3.05, 3.63) is 82.8 Å². The number of halogens is 1. The molecule has 0 radical (unpaired) electrons. The summed E-state index contributed by atoms with van der Waals surface area (Å²) in [6.45, 7) is 7.75. The van der Waals surface area contributed by atoms with Crippen molar-refractivity contribution in [2.24, 2.45) is 0 Å². The van der Waals surface area contributed by atoms with Gasteiger partial charge in [0.1, 0.15) is 23.0 Å². The highest BCUT2D eigenvalue weighted by molar-refractivity contribution is 6.35. The minimum Gasteiger partial charge on any atom is -0.497 e. The molecule has 0 spiro atoms. The lowest BCUT2D eigenvalue weighted by atomic mass is 10.0. The van der Waals surface area contributed by atoms with E-state index in [4.69, 9.17) is 21.1 Å². The first-order valence-electron chi connectivity index (χ1n) is 11.3. The van der Waals surface area contributed by atoms with Gasteiger partial charge in [0.25, 0.3) is 5.56 Å². The number of allylic oxidation sites excluding steroid dienone is 1. The maximum absolute atomic E-state index is 13.8. The zero-order valence-electron chi connectivity index (χ0n) is 20.7. The Morgan fingerprint density at radius 2 is 1.92 bits per heavy atom. The number of fused-ring (bicyclic) bond motifs is 1. The number of hydrogen-bond acceptors (Lipinski definition) is 9. The Bertz CT molecular complexity index is 1530. The van der Waals surface area contributed by atoms with Crippen molar-refractivity contribution in [3.8, 4) is 22.6 Å². The molecule has 11 heteroatoms. The summed E-state index contributed by atoms with van der Waals surface area (Å²) in [6.07, 6.45) is 6.93. The summed E-state index contributed by atoms with van der Waals surface area (Å²) in [6, 6.07) is 5.09. The Morgan fingerprint density at radius 1 is 1.11 bits per heavy atom. The van der Waals surface area contributed by atoms with Crippen LogP contribution < -0.4 is 25.7 Å². The van der Waals surface area contributed by atoms with Crippen molar-refractivity contribution >= 4 is 34.4 Å². The van der Waals surface area contributed by atoms with Gasteiger partial charge in [0.15, 0.2) is 0 Å². The van der Waals surface area contributed by atoms with Crippen LogP contribution in [-0.2, 0) is 13.0 Å². The maximum atomic E-state index is 13.8. The fourth-order valence-corrected chi connectivity index (χ4v) is 3.99. The monoisotopic (exact) mass is 519 g/mol. The summed E-state index contributed by atoms with van der Waals surface area (Å²) in [5, 5.41) is 6.87. The molecule has 37 heavy (non-hydrogen) atoms. The van der Waals surface area contributed by atoms with Gasteiger partial charge in [-0.25, -0.2) is 9.97 Å². The summed E-state index contributed by atoms with van der Waals surface area (Å²) in [5.41, 5.74) is 2.36. The third-order valence-electron chi connectivity index (χ3n) is 5.64. The van der Waals surface area contributed by atoms with Crippen LogP contribution in [0.15, 0.2) is 66.5 Å². The van der Waals surface area contributed by atoms with Crippen LogP contribution in [0.2, 0.25) is 5.02 Å². The maximum Gasteiger partial charge on any atom is 0.260 e. The van der Waals surface area contributed by atoms with Crippen molar-refractivity contribution in [1.29, 1.82) is 0 Å². The third kappa shape index (κ3) is 5.39. The number of methoxy groups -OCH3 is 2. The van der Waals surface area contributed by atoms with E-state index in [-0.39, 0.29) is 5.56 Å². The fourth-order valence-electron chi connectivity index (χ4n) is 3.71. The van der Waals surface area contributed by atoms with E-state index >= 15 is 0 Å². The van der Waals surface area contributed by atoms with E-state index < -0.39 is 0 Å². The molecule has 3 aromatic heterocycles. The Kier molecular flexibility index (Phi) is 7.69.